The summed E-state index contributed by atoms with van der Waals surface area (Å²) in [7, 11) is -0.322. The number of halogens is 6. The molecule has 7 unspecified atom stereocenters. The lowest BCUT2D eigenvalue weighted by Crippen LogP contribution is -2.59. The van der Waals surface area contributed by atoms with E-state index in [0.29, 0.717) is 6.42 Å². The fraction of sp³-hybridized carbons (Fsp3) is 1.00. The van der Waals surface area contributed by atoms with Crippen LogP contribution >= 0.6 is 0 Å². The average Bonchev–Trinajstić information content (AvgIpc) is 2.96. The first-order valence-electron chi connectivity index (χ1n) is 15.3. The predicted molar refractivity (Wildman–Crippen MR) is 153 cm³/mol. The standard InChI is InChI=1S/C29H57F6NO3Si/c1-5-6-7-8-9-10-11-12-13-14-15-16-17-21-24(36)29(40(37-2,38-3)39-4)28(35)27(34)26(33)25(32)23(31)20-18-19-22-30/h23-29H,5-22,36H2,1-4H3. The molecule has 7 atom stereocenters. The van der Waals surface area contributed by atoms with Crippen molar-refractivity contribution in [2.24, 2.45) is 5.73 Å². The predicted octanol–water partition coefficient (Wildman–Crippen LogP) is 8.87. The molecule has 0 amide bonds. The molecule has 0 aromatic carbocycles. The van der Waals surface area contributed by atoms with E-state index in [1.165, 1.54) is 72.7 Å². The van der Waals surface area contributed by atoms with Crippen molar-refractivity contribution in [3.63, 3.8) is 0 Å². The lowest BCUT2D eigenvalue weighted by Gasteiger charge is -2.39. The molecule has 11 heteroatoms. The molecule has 0 fully saturated rings. The third-order valence-electron chi connectivity index (χ3n) is 7.83. The summed E-state index contributed by atoms with van der Waals surface area (Å²) in [6, 6.07) is -1.01. The van der Waals surface area contributed by atoms with Crippen LogP contribution in [0, 0.1) is 0 Å². The third-order valence-corrected chi connectivity index (χ3v) is 11.1. The number of hydrogen-bond acceptors (Lipinski definition) is 4. The van der Waals surface area contributed by atoms with Crippen molar-refractivity contribution in [2.45, 2.75) is 159 Å². The molecule has 0 saturated carbocycles. The Hall–Kier alpha value is -0.363. The van der Waals surface area contributed by atoms with Gasteiger partial charge in [0.2, 0.25) is 0 Å². The van der Waals surface area contributed by atoms with Gasteiger partial charge in [-0.05, 0) is 25.7 Å². The summed E-state index contributed by atoms with van der Waals surface area (Å²) in [5.41, 5.74) is 4.77. The molecule has 0 saturated heterocycles. The third kappa shape index (κ3) is 14.7. The Kier molecular flexibility index (Phi) is 23.9. The molecule has 4 nitrogen and oxygen atoms in total. The summed E-state index contributed by atoms with van der Waals surface area (Å²) in [4.78, 5) is 0. The van der Waals surface area contributed by atoms with Crippen LogP contribution in [-0.4, -0.2) is 73.7 Å². The van der Waals surface area contributed by atoms with Gasteiger partial charge in [-0.3, -0.25) is 4.39 Å². The molecule has 0 aromatic rings. The highest BCUT2D eigenvalue weighted by atomic mass is 28.4. The number of rotatable bonds is 28. The normalized spacial score (nSPS) is 17.8. The van der Waals surface area contributed by atoms with Crippen LogP contribution in [0.3, 0.4) is 0 Å². The van der Waals surface area contributed by atoms with Crippen molar-refractivity contribution in [1.29, 1.82) is 0 Å². The highest BCUT2D eigenvalue weighted by Gasteiger charge is 2.58. The Bertz CT molecular complexity index is 574. The van der Waals surface area contributed by atoms with Crippen molar-refractivity contribution in [1.82, 2.24) is 0 Å². The largest absolute Gasteiger partial charge is 0.508 e. The Labute approximate surface area is 240 Å². The smallest absolute Gasteiger partial charge is 0.377 e. The molecule has 0 rings (SSSR count). The van der Waals surface area contributed by atoms with Crippen LogP contribution < -0.4 is 5.73 Å². The van der Waals surface area contributed by atoms with Gasteiger partial charge in [0.15, 0.2) is 18.5 Å². The molecule has 0 radical (unpaired) electrons. The lowest BCUT2D eigenvalue weighted by molar-refractivity contribution is -0.0142. The maximum atomic E-state index is 15.6. The van der Waals surface area contributed by atoms with Crippen LogP contribution in [0.4, 0.5) is 26.3 Å². The Morgan fingerprint density at radius 2 is 0.950 bits per heavy atom. The van der Waals surface area contributed by atoms with E-state index in [1.54, 1.807) is 0 Å². The van der Waals surface area contributed by atoms with Gasteiger partial charge in [-0.1, -0.05) is 90.4 Å². The second kappa shape index (κ2) is 24.1. The summed E-state index contributed by atoms with van der Waals surface area (Å²) in [5.74, 6) is 0. The van der Waals surface area contributed by atoms with Crippen molar-refractivity contribution in [3.8, 4) is 0 Å². The summed E-state index contributed by atoms with van der Waals surface area (Å²) in [5, 5.41) is 0. The zero-order valence-corrected chi connectivity index (χ0v) is 26.3. The Morgan fingerprint density at radius 1 is 0.550 bits per heavy atom. The van der Waals surface area contributed by atoms with Gasteiger partial charge in [-0.15, -0.1) is 0 Å². The quantitative estimate of drug-likeness (QED) is 0.0547. The number of alkyl halides is 6. The molecule has 40 heavy (non-hydrogen) atoms. The van der Waals surface area contributed by atoms with Crippen LogP contribution in [0.1, 0.15) is 116 Å². The van der Waals surface area contributed by atoms with E-state index in [9.17, 15) is 17.6 Å². The Balaban J connectivity index is 4.87. The van der Waals surface area contributed by atoms with E-state index in [4.69, 9.17) is 19.0 Å². The molecule has 0 aliphatic rings. The first-order valence-corrected chi connectivity index (χ1v) is 17.1. The van der Waals surface area contributed by atoms with Gasteiger partial charge < -0.3 is 19.0 Å². The van der Waals surface area contributed by atoms with Gasteiger partial charge in [-0.25, -0.2) is 22.0 Å². The lowest BCUT2D eigenvalue weighted by atomic mass is 9.95. The maximum Gasteiger partial charge on any atom is 0.508 e. The monoisotopic (exact) mass is 609 g/mol. The minimum Gasteiger partial charge on any atom is -0.377 e. The zero-order valence-electron chi connectivity index (χ0n) is 25.3. The van der Waals surface area contributed by atoms with E-state index < -0.39 is 64.3 Å². The Morgan fingerprint density at radius 3 is 1.38 bits per heavy atom. The molecular formula is C29H57F6NO3Si. The summed E-state index contributed by atoms with van der Waals surface area (Å²) < 4.78 is 102. The van der Waals surface area contributed by atoms with Gasteiger partial charge in [0.05, 0.1) is 12.2 Å². The molecule has 0 heterocycles. The van der Waals surface area contributed by atoms with Crippen molar-refractivity contribution in [3.05, 3.63) is 0 Å². The molecule has 0 bridgehead atoms. The topological polar surface area (TPSA) is 53.7 Å². The van der Waals surface area contributed by atoms with Crippen LogP contribution in [0.5, 0.6) is 0 Å². The van der Waals surface area contributed by atoms with Crippen molar-refractivity contribution in [2.75, 3.05) is 28.0 Å². The van der Waals surface area contributed by atoms with E-state index in [0.717, 1.165) is 25.7 Å². The van der Waals surface area contributed by atoms with Crippen LogP contribution in [0.15, 0.2) is 0 Å². The van der Waals surface area contributed by atoms with Crippen LogP contribution in [0.25, 0.3) is 0 Å². The second-order valence-electron chi connectivity index (χ2n) is 10.9. The molecule has 242 valence electrons. The summed E-state index contributed by atoms with van der Waals surface area (Å²) in [6.45, 7) is 1.49. The SMILES string of the molecule is CCCCCCCCCCCCCCCC(N)C(C(F)C(F)C(F)C(F)C(F)CCCCF)[Si](OC)(OC)OC. The molecule has 2 N–H and O–H groups in total. The average molecular weight is 610 g/mol. The number of unbranched alkanes of at least 4 members (excludes halogenated alkanes) is 13. The fourth-order valence-electron chi connectivity index (χ4n) is 5.27. The van der Waals surface area contributed by atoms with Crippen molar-refractivity contribution < 1.29 is 39.6 Å². The molecule has 0 aromatic heterocycles. The van der Waals surface area contributed by atoms with Crippen molar-refractivity contribution >= 4 is 8.80 Å². The fourth-order valence-corrected chi connectivity index (χ4v) is 7.85. The van der Waals surface area contributed by atoms with Crippen LogP contribution in [-0.2, 0) is 13.3 Å². The van der Waals surface area contributed by atoms with Gasteiger partial charge in [0, 0.05) is 27.4 Å². The first-order chi connectivity index (χ1) is 19.2. The number of nitrogens with two attached hydrogens (primary N) is 1. The zero-order chi connectivity index (χ0) is 30.4. The first kappa shape index (κ1) is 39.6. The highest BCUT2D eigenvalue weighted by Crippen LogP contribution is 2.39. The molecule has 0 spiro atoms. The van der Waals surface area contributed by atoms with Gasteiger partial charge in [0.25, 0.3) is 0 Å². The molecule has 0 aliphatic carbocycles. The van der Waals surface area contributed by atoms with Gasteiger partial charge in [-0.2, -0.15) is 0 Å². The van der Waals surface area contributed by atoms with E-state index in [2.05, 4.69) is 6.92 Å². The van der Waals surface area contributed by atoms with E-state index in [-0.39, 0.29) is 19.3 Å². The number of hydrogen-bond donors (Lipinski definition) is 1. The van der Waals surface area contributed by atoms with Gasteiger partial charge in [0.1, 0.15) is 12.3 Å². The second-order valence-corrected chi connectivity index (χ2v) is 14.0. The minimum absolute atomic E-state index is 0.0192. The van der Waals surface area contributed by atoms with Crippen LogP contribution in [0.2, 0.25) is 5.54 Å². The summed E-state index contributed by atoms with van der Waals surface area (Å²) >= 11 is 0. The minimum atomic E-state index is -3.94. The molecular weight excluding hydrogens is 552 g/mol. The molecule has 0 aliphatic heterocycles. The van der Waals surface area contributed by atoms with E-state index >= 15 is 8.78 Å². The van der Waals surface area contributed by atoms with E-state index in [1.807, 2.05) is 0 Å². The highest BCUT2D eigenvalue weighted by molar-refractivity contribution is 6.62. The maximum absolute atomic E-state index is 15.6. The van der Waals surface area contributed by atoms with Gasteiger partial charge >= 0.3 is 8.80 Å². The summed E-state index contributed by atoms with van der Waals surface area (Å²) in [6.07, 6.45) is 0.681.